The Hall–Kier alpha value is -4.68. The normalized spacial score (nSPS) is 11.2. The second-order valence-electron chi connectivity index (χ2n) is 8.82. The van der Waals surface area contributed by atoms with E-state index in [1.54, 1.807) is 0 Å². The molecule has 1 aromatic heterocycles. The van der Waals surface area contributed by atoms with Crippen LogP contribution >= 0.6 is 11.3 Å². The molecule has 0 fully saturated rings. The molecule has 1 N–H and O–H groups in total. The maximum atomic E-state index is 12.3. The first-order valence-electron chi connectivity index (χ1n) is 12.6. The number of thiazole rings is 1. The molecule has 0 radical (unpaired) electrons. The van der Waals surface area contributed by atoms with Gasteiger partial charge in [-0.2, -0.15) is 0 Å². The van der Waals surface area contributed by atoms with Crippen LogP contribution in [0, 0.1) is 0 Å². The smallest absolute Gasteiger partial charge is 0.543 e. The zero-order valence-electron chi connectivity index (χ0n) is 22.7. The van der Waals surface area contributed by atoms with Crippen molar-refractivity contribution in [1.29, 1.82) is 0 Å². The van der Waals surface area contributed by atoms with Gasteiger partial charge in [-0.25, -0.2) is 9.78 Å². The van der Waals surface area contributed by atoms with E-state index < -0.39 is 23.4 Å². The van der Waals surface area contributed by atoms with Crippen molar-refractivity contribution in [2.45, 2.75) is 12.2 Å². The van der Waals surface area contributed by atoms with Gasteiger partial charge in [0.1, 0.15) is 12.3 Å². The molecule has 204 valence electrons. The summed E-state index contributed by atoms with van der Waals surface area (Å²) in [5.74, 6) is -1.59. The molecule has 0 atom stereocenters. The summed E-state index contributed by atoms with van der Waals surface area (Å²) >= 11 is 1.02. The van der Waals surface area contributed by atoms with Crippen LogP contribution in [0.15, 0.2) is 132 Å². The SMILES string of the molecule is O=C(Nc1nc(C(=NOC(c2ccccc2)(c2ccccc2)c2ccccc2)C(=O)[O-])cs1)OCc1ccccc1.[Li+]. The van der Waals surface area contributed by atoms with E-state index >= 15 is 0 Å². The number of nitrogens with one attached hydrogen (secondary N) is 1. The molecule has 5 aromatic rings. The molecule has 5 rings (SSSR count). The first kappa shape index (κ1) is 30.3. The van der Waals surface area contributed by atoms with Crippen molar-refractivity contribution in [2.24, 2.45) is 5.16 Å². The van der Waals surface area contributed by atoms with E-state index in [0.717, 1.165) is 33.6 Å². The zero-order chi connectivity index (χ0) is 28.5. The predicted molar refractivity (Wildman–Crippen MR) is 154 cm³/mol. The Balaban J connectivity index is 0.00000405. The Kier molecular flexibility index (Phi) is 10.3. The van der Waals surface area contributed by atoms with Gasteiger partial charge >= 0.3 is 25.0 Å². The molecule has 0 aliphatic carbocycles. The average Bonchev–Trinajstić information content (AvgIpc) is 3.47. The second kappa shape index (κ2) is 14.3. The fourth-order valence-corrected chi connectivity index (χ4v) is 4.95. The number of anilines is 1. The molecule has 0 saturated heterocycles. The number of aromatic nitrogens is 1. The number of amides is 1. The minimum atomic E-state index is -1.59. The fourth-order valence-electron chi connectivity index (χ4n) is 4.27. The Labute approximate surface area is 258 Å². The largest absolute Gasteiger partial charge is 1.00 e. The first-order valence-corrected chi connectivity index (χ1v) is 13.5. The standard InChI is InChI=1S/C32H25N3O5S.Li/c36-29(37)28(27-22-41-30(33-27)34-31(38)39-21-23-13-5-1-6-14-23)35-40-32(24-15-7-2-8-16-24,25-17-9-3-10-18-25)26-19-11-4-12-20-26;/h1-20,22H,21H2,(H,36,37)(H,33,34,38);/q;+1/p-1. The first-order chi connectivity index (χ1) is 20.1. The molecule has 4 aromatic carbocycles. The van der Waals surface area contributed by atoms with Gasteiger partial charge < -0.3 is 19.5 Å². The van der Waals surface area contributed by atoms with Crippen LogP contribution in [0.3, 0.4) is 0 Å². The van der Waals surface area contributed by atoms with Crippen LogP contribution < -0.4 is 29.3 Å². The Morgan fingerprint density at radius 1 is 0.786 bits per heavy atom. The van der Waals surface area contributed by atoms with E-state index in [4.69, 9.17) is 9.57 Å². The molecule has 0 aliphatic rings. The predicted octanol–water partition coefficient (Wildman–Crippen LogP) is 2.36. The third kappa shape index (κ3) is 6.96. The number of carbonyl (C=O) groups is 2. The fraction of sp³-hybridized carbons (Fsp3) is 0.0625. The summed E-state index contributed by atoms with van der Waals surface area (Å²) in [5.41, 5.74) is 1.19. The number of rotatable bonds is 10. The van der Waals surface area contributed by atoms with Crippen molar-refractivity contribution < 1.29 is 43.1 Å². The molecule has 42 heavy (non-hydrogen) atoms. The summed E-state index contributed by atoms with van der Waals surface area (Å²) in [4.78, 5) is 35.0. The summed E-state index contributed by atoms with van der Waals surface area (Å²) in [6.45, 7) is 0.0744. The van der Waals surface area contributed by atoms with Gasteiger partial charge in [0.25, 0.3) is 0 Å². The molecule has 0 saturated carbocycles. The number of aliphatic carboxylic acids is 1. The molecule has 0 unspecified atom stereocenters. The van der Waals surface area contributed by atoms with E-state index in [1.807, 2.05) is 121 Å². The van der Waals surface area contributed by atoms with Crippen LogP contribution in [0.1, 0.15) is 27.9 Å². The average molecular weight is 570 g/mol. The third-order valence-corrected chi connectivity index (χ3v) is 6.93. The number of oxime groups is 1. The molecule has 10 heteroatoms. The molecular formula is C32H24LiN3O5S. The Morgan fingerprint density at radius 2 is 1.26 bits per heavy atom. The summed E-state index contributed by atoms with van der Waals surface area (Å²) in [5, 5.41) is 20.5. The van der Waals surface area contributed by atoms with Crippen molar-refractivity contribution in [3.8, 4) is 0 Å². The van der Waals surface area contributed by atoms with Gasteiger partial charge in [-0.3, -0.25) is 5.32 Å². The summed E-state index contributed by atoms with van der Waals surface area (Å²) in [7, 11) is 0. The van der Waals surface area contributed by atoms with Crippen LogP contribution in [0.25, 0.3) is 0 Å². The summed E-state index contributed by atoms with van der Waals surface area (Å²) in [6, 6.07) is 37.4. The number of carboxylic acids is 1. The molecule has 0 bridgehead atoms. The maximum absolute atomic E-state index is 12.3. The minimum Gasteiger partial charge on any atom is -0.543 e. The van der Waals surface area contributed by atoms with E-state index in [1.165, 1.54) is 5.38 Å². The molecule has 8 nitrogen and oxygen atoms in total. The molecular weight excluding hydrogens is 545 g/mol. The number of ether oxygens (including phenoxy) is 1. The van der Waals surface area contributed by atoms with Crippen LogP contribution in [0.5, 0.6) is 0 Å². The number of carboxylic acid groups (broad SMARTS) is 1. The maximum Gasteiger partial charge on any atom is 1.00 e. The Bertz CT molecular complexity index is 1540. The van der Waals surface area contributed by atoms with Crippen LogP contribution in [-0.2, 0) is 26.6 Å². The second-order valence-corrected chi connectivity index (χ2v) is 9.68. The van der Waals surface area contributed by atoms with E-state index in [9.17, 15) is 14.7 Å². The van der Waals surface area contributed by atoms with E-state index in [-0.39, 0.29) is 36.3 Å². The number of hydrogen-bond donors (Lipinski definition) is 1. The van der Waals surface area contributed by atoms with Crippen molar-refractivity contribution in [3.63, 3.8) is 0 Å². The van der Waals surface area contributed by atoms with Gasteiger partial charge in [-0.05, 0) is 5.56 Å². The van der Waals surface area contributed by atoms with Crippen molar-refractivity contribution in [2.75, 3.05) is 5.32 Å². The summed E-state index contributed by atoms with van der Waals surface area (Å²) in [6.07, 6.45) is -0.728. The minimum absolute atomic E-state index is 0. The topological polar surface area (TPSA) is 113 Å². The number of benzene rings is 4. The van der Waals surface area contributed by atoms with Gasteiger partial charge in [0.15, 0.2) is 10.8 Å². The molecule has 1 amide bonds. The number of nitrogens with zero attached hydrogens (tertiary/aromatic N) is 2. The van der Waals surface area contributed by atoms with E-state index in [2.05, 4.69) is 15.5 Å². The van der Waals surface area contributed by atoms with Gasteiger partial charge in [0.2, 0.25) is 5.60 Å². The van der Waals surface area contributed by atoms with Gasteiger partial charge in [-0.15, -0.1) is 11.3 Å². The van der Waals surface area contributed by atoms with Gasteiger partial charge in [-0.1, -0.05) is 126 Å². The van der Waals surface area contributed by atoms with Crippen LogP contribution in [0.4, 0.5) is 9.93 Å². The van der Waals surface area contributed by atoms with Crippen molar-refractivity contribution in [3.05, 3.63) is 155 Å². The molecule has 0 aliphatic heterocycles. The summed E-state index contributed by atoms with van der Waals surface area (Å²) < 4.78 is 5.22. The van der Waals surface area contributed by atoms with Gasteiger partial charge in [0, 0.05) is 22.1 Å². The van der Waals surface area contributed by atoms with Crippen LogP contribution in [-0.4, -0.2) is 22.8 Å². The zero-order valence-corrected chi connectivity index (χ0v) is 23.5. The van der Waals surface area contributed by atoms with Crippen molar-refractivity contribution in [1.82, 2.24) is 4.98 Å². The molecule has 0 spiro atoms. The number of carbonyl (C=O) groups excluding carboxylic acids is 2. The number of hydrogen-bond acceptors (Lipinski definition) is 8. The van der Waals surface area contributed by atoms with Crippen LogP contribution in [0.2, 0.25) is 0 Å². The monoisotopic (exact) mass is 569 g/mol. The van der Waals surface area contributed by atoms with E-state index in [0.29, 0.717) is 0 Å². The third-order valence-electron chi connectivity index (χ3n) is 6.18. The Morgan fingerprint density at radius 3 is 1.74 bits per heavy atom. The van der Waals surface area contributed by atoms with Gasteiger partial charge in [0.05, 0.1) is 5.97 Å². The quantitative estimate of drug-likeness (QED) is 0.120. The van der Waals surface area contributed by atoms with Crippen molar-refractivity contribution >= 4 is 34.2 Å². The molecule has 1 heterocycles.